The molecule has 0 heterocycles. The van der Waals surface area contributed by atoms with Gasteiger partial charge in [-0.15, -0.1) is 0 Å². The summed E-state index contributed by atoms with van der Waals surface area (Å²) in [5.74, 6) is -0.903. The summed E-state index contributed by atoms with van der Waals surface area (Å²) in [6.45, 7) is 0.0570. The highest BCUT2D eigenvalue weighted by Gasteiger charge is 2.35. The van der Waals surface area contributed by atoms with Crippen molar-refractivity contribution < 1.29 is 31.6 Å². The molecule has 2 aromatic carbocycles. The molecule has 0 saturated heterocycles. The number of nitrogens with zero attached hydrogens (tertiary/aromatic N) is 1. The molecule has 0 spiro atoms. The SMILES string of the molecule is O=C(NO)C1CCC(CN(Cc2ccc(Cl)cc2)S(=O)(=O)c2cccc(C(F)(F)F)c2)CC1. The van der Waals surface area contributed by atoms with Gasteiger partial charge < -0.3 is 0 Å². The minimum Gasteiger partial charge on any atom is -0.289 e. The van der Waals surface area contributed by atoms with Crippen molar-refractivity contribution in [3.63, 3.8) is 0 Å². The molecule has 0 bridgehead atoms. The Morgan fingerprint density at radius 1 is 1.09 bits per heavy atom. The number of amides is 1. The van der Waals surface area contributed by atoms with Crippen LogP contribution in [0.2, 0.25) is 5.02 Å². The van der Waals surface area contributed by atoms with Gasteiger partial charge in [0.25, 0.3) is 0 Å². The number of benzene rings is 2. The van der Waals surface area contributed by atoms with Crippen LogP contribution in [0.3, 0.4) is 0 Å². The van der Waals surface area contributed by atoms with E-state index < -0.39 is 32.6 Å². The van der Waals surface area contributed by atoms with Crippen molar-refractivity contribution in [2.75, 3.05) is 6.54 Å². The molecular weight excluding hydrogens is 481 g/mol. The van der Waals surface area contributed by atoms with E-state index in [-0.39, 0.29) is 24.9 Å². The van der Waals surface area contributed by atoms with Crippen molar-refractivity contribution >= 4 is 27.5 Å². The quantitative estimate of drug-likeness (QED) is 0.416. The lowest BCUT2D eigenvalue weighted by Crippen LogP contribution is -2.38. The molecule has 1 amide bonds. The fraction of sp³-hybridized carbons (Fsp3) is 0.409. The van der Waals surface area contributed by atoms with Crippen molar-refractivity contribution in [3.8, 4) is 0 Å². The zero-order chi connectivity index (χ0) is 24.2. The maximum atomic E-state index is 13.4. The topological polar surface area (TPSA) is 86.7 Å². The second kappa shape index (κ2) is 10.4. The molecule has 1 saturated carbocycles. The van der Waals surface area contributed by atoms with Gasteiger partial charge in [0.1, 0.15) is 0 Å². The Morgan fingerprint density at radius 3 is 2.30 bits per heavy atom. The number of hydrogen-bond donors (Lipinski definition) is 2. The zero-order valence-corrected chi connectivity index (χ0v) is 19.1. The average molecular weight is 505 g/mol. The van der Waals surface area contributed by atoms with Crippen molar-refractivity contribution in [2.45, 2.75) is 43.3 Å². The van der Waals surface area contributed by atoms with Crippen LogP contribution in [0.15, 0.2) is 53.4 Å². The summed E-state index contributed by atoms with van der Waals surface area (Å²) in [6.07, 6.45) is -2.61. The first-order valence-electron chi connectivity index (χ1n) is 10.4. The van der Waals surface area contributed by atoms with Crippen molar-refractivity contribution in [1.29, 1.82) is 0 Å². The number of rotatable bonds is 7. The fourth-order valence-corrected chi connectivity index (χ4v) is 5.69. The van der Waals surface area contributed by atoms with Crippen LogP contribution in [0.5, 0.6) is 0 Å². The number of nitrogens with one attached hydrogen (secondary N) is 1. The number of halogens is 4. The van der Waals surface area contributed by atoms with E-state index in [4.69, 9.17) is 16.8 Å². The molecule has 180 valence electrons. The molecule has 11 heteroatoms. The second-order valence-corrected chi connectivity index (χ2v) is 10.5. The van der Waals surface area contributed by atoms with Gasteiger partial charge in [-0.1, -0.05) is 29.8 Å². The van der Waals surface area contributed by atoms with Gasteiger partial charge in [0, 0.05) is 24.0 Å². The van der Waals surface area contributed by atoms with Crippen molar-refractivity contribution in [2.24, 2.45) is 11.8 Å². The molecule has 1 aliphatic rings. The summed E-state index contributed by atoms with van der Waals surface area (Å²) in [6, 6.07) is 10.3. The summed E-state index contributed by atoms with van der Waals surface area (Å²) in [4.78, 5) is 11.2. The lowest BCUT2D eigenvalue weighted by atomic mass is 9.81. The Morgan fingerprint density at radius 2 is 1.73 bits per heavy atom. The summed E-state index contributed by atoms with van der Waals surface area (Å²) in [5, 5.41) is 9.30. The van der Waals surface area contributed by atoms with Gasteiger partial charge in [0.15, 0.2) is 0 Å². The van der Waals surface area contributed by atoms with Crippen LogP contribution in [-0.2, 0) is 27.5 Å². The average Bonchev–Trinajstić information content (AvgIpc) is 2.79. The fourth-order valence-electron chi connectivity index (χ4n) is 4.01. The van der Waals surface area contributed by atoms with E-state index >= 15 is 0 Å². The van der Waals surface area contributed by atoms with Crippen LogP contribution < -0.4 is 5.48 Å². The molecule has 3 rings (SSSR count). The number of alkyl halides is 3. The van der Waals surface area contributed by atoms with E-state index in [1.54, 1.807) is 29.7 Å². The number of hydrogen-bond acceptors (Lipinski definition) is 4. The predicted octanol–water partition coefficient (Wildman–Crippen LogP) is 4.86. The Labute approximate surface area is 195 Å². The Bertz CT molecular complexity index is 1070. The molecule has 1 fully saturated rings. The summed E-state index contributed by atoms with van der Waals surface area (Å²) in [7, 11) is -4.24. The van der Waals surface area contributed by atoms with E-state index in [2.05, 4.69) is 0 Å². The maximum Gasteiger partial charge on any atom is 0.416 e. The van der Waals surface area contributed by atoms with Crippen LogP contribution in [0, 0.1) is 11.8 Å². The summed E-state index contributed by atoms with van der Waals surface area (Å²) in [5.41, 5.74) is 1.25. The summed E-state index contributed by atoms with van der Waals surface area (Å²) < 4.78 is 67.5. The van der Waals surface area contributed by atoms with Gasteiger partial charge in [-0.25, -0.2) is 13.9 Å². The van der Waals surface area contributed by atoms with E-state index in [0.717, 1.165) is 18.2 Å². The maximum absolute atomic E-state index is 13.4. The first kappa shape index (κ1) is 25.5. The molecule has 0 unspecified atom stereocenters. The van der Waals surface area contributed by atoms with Gasteiger partial charge in [-0.3, -0.25) is 10.0 Å². The van der Waals surface area contributed by atoms with E-state index in [1.807, 2.05) is 0 Å². The number of carbonyl (C=O) groups excluding carboxylic acids is 1. The molecule has 0 aromatic heterocycles. The second-order valence-electron chi connectivity index (χ2n) is 8.14. The first-order valence-corrected chi connectivity index (χ1v) is 12.2. The van der Waals surface area contributed by atoms with Crippen LogP contribution in [0.1, 0.15) is 36.8 Å². The third-order valence-electron chi connectivity index (χ3n) is 5.86. The monoisotopic (exact) mass is 504 g/mol. The van der Waals surface area contributed by atoms with Gasteiger partial charge >= 0.3 is 6.18 Å². The van der Waals surface area contributed by atoms with Crippen LogP contribution in [0.4, 0.5) is 13.2 Å². The zero-order valence-electron chi connectivity index (χ0n) is 17.6. The highest BCUT2D eigenvalue weighted by molar-refractivity contribution is 7.89. The van der Waals surface area contributed by atoms with Crippen LogP contribution >= 0.6 is 11.6 Å². The third kappa shape index (κ3) is 6.47. The molecule has 2 N–H and O–H groups in total. The molecule has 0 atom stereocenters. The summed E-state index contributed by atoms with van der Waals surface area (Å²) >= 11 is 5.91. The van der Waals surface area contributed by atoms with Crippen LogP contribution in [-0.4, -0.2) is 30.4 Å². The Balaban J connectivity index is 1.87. The predicted molar refractivity (Wildman–Crippen MR) is 116 cm³/mol. The Kier molecular flexibility index (Phi) is 8.04. The third-order valence-corrected chi connectivity index (χ3v) is 7.92. The molecule has 33 heavy (non-hydrogen) atoms. The van der Waals surface area contributed by atoms with Crippen LogP contribution in [0.25, 0.3) is 0 Å². The lowest BCUT2D eigenvalue weighted by Gasteiger charge is -2.32. The number of sulfonamides is 1. The Hall–Kier alpha value is -2.14. The normalized spacial score (nSPS) is 19.5. The smallest absolute Gasteiger partial charge is 0.289 e. The highest BCUT2D eigenvalue weighted by Crippen LogP contribution is 2.34. The van der Waals surface area contributed by atoms with Gasteiger partial charge in [0.05, 0.1) is 10.5 Å². The first-order chi connectivity index (χ1) is 15.5. The lowest BCUT2D eigenvalue weighted by molar-refractivity contribution is -0.137. The van der Waals surface area contributed by atoms with Crippen molar-refractivity contribution in [3.05, 3.63) is 64.7 Å². The van der Waals surface area contributed by atoms with E-state index in [9.17, 15) is 26.4 Å². The molecular formula is C22H24ClF3N2O4S. The molecule has 6 nitrogen and oxygen atoms in total. The van der Waals surface area contributed by atoms with Gasteiger partial charge in [-0.2, -0.15) is 17.5 Å². The largest absolute Gasteiger partial charge is 0.416 e. The molecule has 0 radical (unpaired) electrons. The van der Waals surface area contributed by atoms with E-state index in [0.29, 0.717) is 42.3 Å². The minimum atomic E-state index is -4.67. The molecule has 2 aromatic rings. The highest BCUT2D eigenvalue weighted by atomic mass is 35.5. The van der Waals surface area contributed by atoms with Crippen molar-refractivity contribution in [1.82, 2.24) is 9.79 Å². The van der Waals surface area contributed by atoms with Gasteiger partial charge in [-0.05, 0) is 67.5 Å². The number of hydroxylamine groups is 1. The molecule has 0 aliphatic heterocycles. The van der Waals surface area contributed by atoms with Gasteiger partial charge in [0.2, 0.25) is 15.9 Å². The van der Waals surface area contributed by atoms with E-state index in [1.165, 1.54) is 4.31 Å². The molecule has 1 aliphatic carbocycles. The number of carbonyl (C=O) groups is 1. The minimum absolute atomic E-state index is 0.0349. The standard InChI is InChI=1S/C22H24ClF3N2O4S/c23-19-10-6-16(7-11-19)14-28(13-15-4-8-17(9-5-15)21(29)27-30)33(31,32)20-3-1-2-18(12-20)22(24,25)26/h1-3,6-7,10-12,15,17,30H,4-5,8-9,13-14H2,(H,27,29).